The van der Waals surface area contributed by atoms with E-state index >= 15 is 0 Å². The zero-order valence-corrected chi connectivity index (χ0v) is 19.4. The smallest absolute Gasteiger partial charge is 0.280 e. The van der Waals surface area contributed by atoms with E-state index in [0.29, 0.717) is 11.6 Å². The molecular weight excluding hydrogens is 440 g/mol. The van der Waals surface area contributed by atoms with E-state index in [1.54, 1.807) is 23.5 Å². The molecule has 0 bridgehead atoms. The first-order valence-corrected chi connectivity index (χ1v) is 12.5. The van der Waals surface area contributed by atoms with Crippen molar-refractivity contribution in [3.8, 4) is 10.4 Å². The van der Waals surface area contributed by atoms with Gasteiger partial charge in [-0.1, -0.05) is 26.2 Å². The number of hydrogen-bond acceptors (Lipinski definition) is 7. The number of amides is 2. The molecule has 2 amide bonds. The van der Waals surface area contributed by atoms with Gasteiger partial charge >= 0.3 is 0 Å². The number of rotatable bonds is 5. The molecule has 0 radical (unpaired) electrons. The lowest BCUT2D eigenvalue weighted by molar-refractivity contribution is -0.139. The van der Waals surface area contributed by atoms with Crippen LogP contribution in [0.15, 0.2) is 30.7 Å². The Kier molecular flexibility index (Phi) is 6.25. The Hall–Kier alpha value is -2.65. The highest BCUT2D eigenvalue weighted by molar-refractivity contribution is 7.17. The topological polar surface area (TPSA) is 101 Å². The molecular formula is C24H28N4O4S. The predicted molar refractivity (Wildman–Crippen MR) is 123 cm³/mol. The number of pyridine rings is 1. The van der Waals surface area contributed by atoms with Crippen molar-refractivity contribution in [1.29, 1.82) is 0 Å². The lowest BCUT2D eigenvalue weighted by Crippen LogP contribution is -2.55. The van der Waals surface area contributed by atoms with Gasteiger partial charge in [-0.15, -0.1) is 11.3 Å². The van der Waals surface area contributed by atoms with E-state index in [9.17, 15) is 14.4 Å². The summed E-state index contributed by atoms with van der Waals surface area (Å²) in [6.45, 7) is 2.54. The van der Waals surface area contributed by atoms with Crippen molar-refractivity contribution in [2.24, 2.45) is 11.8 Å². The molecule has 4 heterocycles. The number of hydrogen-bond donors (Lipinski definition) is 1. The molecule has 8 nitrogen and oxygen atoms in total. The number of aromatic nitrogens is 2. The van der Waals surface area contributed by atoms with Crippen molar-refractivity contribution in [3.63, 3.8) is 0 Å². The first kappa shape index (κ1) is 22.2. The van der Waals surface area contributed by atoms with Gasteiger partial charge in [0.05, 0.1) is 11.0 Å². The zero-order chi connectivity index (χ0) is 22.9. The van der Waals surface area contributed by atoms with Gasteiger partial charge in [-0.2, -0.15) is 0 Å². The van der Waals surface area contributed by atoms with Crippen LogP contribution in [0.4, 0.5) is 0 Å². The van der Waals surface area contributed by atoms with Gasteiger partial charge in [-0.05, 0) is 36.5 Å². The van der Waals surface area contributed by atoms with Crippen molar-refractivity contribution < 1.29 is 19.1 Å². The molecule has 5 rings (SSSR count). The zero-order valence-electron chi connectivity index (χ0n) is 18.6. The highest BCUT2D eigenvalue weighted by atomic mass is 32.1. The Balaban J connectivity index is 1.37. The minimum absolute atomic E-state index is 0.0478. The van der Waals surface area contributed by atoms with E-state index < -0.39 is 12.1 Å². The summed E-state index contributed by atoms with van der Waals surface area (Å²) in [6.07, 6.45) is 9.83. The molecule has 1 N–H and O–H groups in total. The number of carbonyl (C=O) groups is 3. The second kappa shape index (κ2) is 9.30. The Labute approximate surface area is 196 Å². The highest BCUT2D eigenvalue weighted by Crippen LogP contribution is 2.34. The summed E-state index contributed by atoms with van der Waals surface area (Å²) in [5, 5.41) is 3.33. The number of likely N-dealkylation sites (tertiary alicyclic amines) is 1. The van der Waals surface area contributed by atoms with Crippen LogP contribution < -0.4 is 5.32 Å². The van der Waals surface area contributed by atoms with Gasteiger partial charge in [0, 0.05) is 31.1 Å². The maximum absolute atomic E-state index is 13.8. The van der Waals surface area contributed by atoms with Gasteiger partial charge in [-0.25, -0.2) is 4.98 Å². The fraction of sp³-hybridized carbons (Fsp3) is 0.542. The lowest BCUT2D eigenvalue weighted by atomic mass is 9.83. The molecule has 3 fully saturated rings. The number of carbonyl (C=O) groups excluding carboxylic acids is 3. The number of fused-ring (bicyclic) bond motifs is 1. The highest BCUT2D eigenvalue weighted by Gasteiger charge is 2.52. The molecule has 2 aromatic rings. The molecule has 174 valence electrons. The van der Waals surface area contributed by atoms with E-state index in [4.69, 9.17) is 4.74 Å². The fourth-order valence-corrected chi connectivity index (χ4v) is 6.20. The summed E-state index contributed by atoms with van der Waals surface area (Å²) < 4.78 is 5.66. The SMILES string of the molecule is C[C@H]1CN(C(=O)[C@@H](NC(=O)c2ncc(-c3ccncc3)s2)C2CCCCC2)[C@@H]2C(=O)CO[C@@H]21. The van der Waals surface area contributed by atoms with E-state index in [2.05, 4.69) is 15.3 Å². The Morgan fingerprint density at radius 1 is 1.21 bits per heavy atom. The third-order valence-corrected chi connectivity index (χ3v) is 8.11. The normalized spacial score (nSPS) is 26.3. The van der Waals surface area contributed by atoms with Crippen LogP contribution in [0.2, 0.25) is 0 Å². The average molecular weight is 469 g/mol. The molecule has 4 atom stereocenters. The number of nitrogens with one attached hydrogen (secondary N) is 1. The van der Waals surface area contributed by atoms with Gasteiger partial charge in [0.25, 0.3) is 5.91 Å². The first-order valence-electron chi connectivity index (χ1n) is 11.6. The second-order valence-electron chi connectivity index (χ2n) is 9.27. The minimum Gasteiger partial charge on any atom is -0.367 e. The molecule has 1 saturated carbocycles. The van der Waals surface area contributed by atoms with E-state index in [-0.39, 0.29) is 42.1 Å². The Bertz CT molecular complexity index is 1040. The van der Waals surface area contributed by atoms with Crippen molar-refractivity contribution >= 4 is 28.9 Å². The summed E-state index contributed by atoms with van der Waals surface area (Å²) in [7, 11) is 0. The summed E-state index contributed by atoms with van der Waals surface area (Å²) >= 11 is 1.29. The van der Waals surface area contributed by atoms with Gasteiger partial charge < -0.3 is 15.0 Å². The second-order valence-corrected chi connectivity index (χ2v) is 10.3. The standard InChI is InChI=1S/C24H28N4O4S/c1-14-12-28(20-17(29)13-32-21(14)20)24(31)19(16-5-3-2-4-6-16)27-22(30)23-26-11-18(33-23)15-7-9-25-10-8-15/h7-11,14,16,19-21H,2-6,12-13H2,1H3,(H,27,30)/t14-,19-,20+,21+/m0/s1. The van der Waals surface area contributed by atoms with Crippen LogP contribution in [0.1, 0.15) is 48.8 Å². The third-order valence-electron chi connectivity index (χ3n) is 7.06. The van der Waals surface area contributed by atoms with Crippen LogP contribution in [0.5, 0.6) is 0 Å². The first-order chi connectivity index (χ1) is 16.0. The molecule has 2 aliphatic heterocycles. The number of nitrogens with zero attached hydrogens (tertiary/aromatic N) is 3. The minimum atomic E-state index is -0.662. The summed E-state index contributed by atoms with van der Waals surface area (Å²) in [5.74, 6) is -0.411. The molecule has 0 unspecified atom stereocenters. The molecule has 2 saturated heterocycles. The molecule has 3 aliphatic rings. The number of thiazole rings is 1. The van der Waals surface area contributed by atoms with E-state index in [1.165, 1.54) is 11.3 Å². The Morgan fingerprint density at radius 2 is 1.97 bits per heavy atom. The predicted octanol–water partition coefficient (Wildman–Crippen LogP) is 2.70. The Morgan fingerprint density at radius 3 is 2.73 bits per heavy atom. The largest absolute Gasteiger partial charge is 0.367 e. The van der Waals surface area contributed by atoms with Gasteiger partial charge in [0.1, 0.15) is 18.7 Å². The lowest BCUT2D eigenvalue weighted by Gasteiger charge is -2.34. The average Bonchev–Trinajstić information content (AvgIpc) is 3.56. The maximum Gasteiger partial charge on any atom is 0.280 e. The monoisotopic (exact) mass is 468 g/mol. The van der Waals surface area contributed by atoms with Gasteiger partial charge in [-0.3, -0.25) is 19.4 Å². The molecule has 9 heteroatoms. The molecule has 2 aromatic heterocycles. The van der Waals surface area contributed by atoms with Crippen molar-refractivity contribution in [2.45, 2.75) is 57.2 Å². The quantitative estimate of drug-likeness (QED) is 0.724. The number of Topliss-reactive ketones (excluding diaryl/α,β-unsaturated/α-hetero) is 1. The van der Waals surface area contributed by atoms with Crippen molar-refractivity contribution in [2.75, 3.05) is 13.2 Å². The van der Waals surface area contributed by atoms with Crippen LogP contribution in [-0.2, 0) is 14.3 Å². The van der Waals surface area contributed by atoms with Crippen LogP contribution in [0, 0.1) is 11.8 Å². The van der Waals surface area contributed by atoms with Crippen LogP contribution >= 0.6 is 11.3 Å². The third kappa shape index (κ3) is 4.31. The van der Waals surface area contributed by atoms with Gasteiger partial charge in [0.2, 0.25) is 5.91 Å². The van der Waals surface area contributed by atoms with Crippen molar-refractivity contribution in [1.82, 2.24) is 20.2 Å². The molecule has 1 aliphatic carbocycles. The molecule has 33 heavy (non-hydrogen) atoms. The summed E-state index contributed by atoms with van der Waals surface area (Å²) in [6, 6.07) is 2.55. The van der Waals surface area contributed by atoms with Crippen molar-refractivity contribution in [3.05, 3.63) is 35.7 Å². The van der Waals surface area contributed by atoms with Crippen LogP contribution in [0.3, 0.4) is 0 Å². The van der Waals surface area contributed by atoms with E-state index in [0.717, 1.165) is 42.5 Å². The number of ketones is 1. The maximum atomic E-state index is 13.8. The molecule has 0 spiro atoms. The molecule has 0 aromatic carbocycles. The number of ether oxygens (including phenoxy) is 1. The van der Waals surface area contributed by atoms with E-state index in [1.807, 2.05) is 19.1 Å². The summed E-state index contributed by atoms with van der Waals surface area (Å²) in [5.41, 5.74) is 0.943. The van der Waals surface area contributed by atoms with Crippen LogP contribution in [0.25, 0.3) is 10.4 Å². The van der Waals surface area contributed by atoms with Gasteiger partial charge in [0.15, 0.2) is 10.8 Å². The fourth-order valence-electron chi connectivity index (χ4n) is 5.38. The van der Waals surface area contributed by atoms with Crippen LogP contribution in [-0.4, -0.2) is 63.8 Å². The summed E-state index contributed by atoms with van der Waals surface area (Å²) in [4.78, 5) is 50.3.